The Balaban J connectivity index is 2.59. The van der Waals surface area contributed by atoms with Crippen molar-refractivity contribution < 1.29 is 19.0 Å². The number of hydrogen-bond acceptors (Lipinski definition) is 2. The van der Waals surface area contributed by atoms with E-state index in [-0.39, 0.29) is 0 Å². The van der Waals surface area contributed by atoms with Crippen LogP contribution in [0, 0.1) is 5.82 Å². The van der Waals surface area contributed by atoms with Crippen molar-refractivity contribution in [1.29, 1.82) is 0 Å². The van der Waals surface area contributed by atoms with E-state index >= 15 is 0 Å². The zero-order valence-corrected chi connectivity index (χ0v) is 8.29. The van der Waals surface area contributed by atoms with Crippen LogP contribution >= 0.6 is 0 Å². The van der Waals surface area contributed by atoms with E-state index in [1.54, 1.807) is 6.92 Å². The maximum Gasteiger partial charge on any atom is 0.314 e. The van der Waals surface area contributed by atoms with Crippen molar-refractivity contribution in [2.45, 2.75) is 18.8 Å². The average molecular weight is 210 g/mol. The molecule has 1 aliphatic heterocycles. The zero-order valence-electron chi connectivity index (χ0n) is 8.29. The van der Waals surface area contributed by atoms with E-state index in [1.165, 1.54) is 18.2 Å². The van der Waals surface area contributed by atoms with Crippen molar-refractivity contribution in [1.82, 2.24) is 0 Å². The summed E-state index contributed by atoms with van der Waals surface area (Å²) >= 11 is 0. The molecule has 80 valence electrons. The maximum absolute atomic E-state index is 13.1. The Bertz CT molecular complexity index is 416. The van der Waals surface area contributed by atoms with Gasteiger partial charge in [-0.2, -0.15) is 0 Å². The van der Waals surface area contributed by atoms with Crippen molar-refractivity contribution in [3.63, 3.8) is 0 Å². The van der Waals surface area contributed by atoms with E-state index < -0.39 is 17.2 Å². The Morgan fingerprint density at radius 1 is 1.60 bits per heavy atom. The van der Waals surface area contributed by atoms with Crippen molar-refractivity contribution in [3.8, 4) is 5.75 Å². The standard InChI is InChI=1S/C11H11FO3/c1-11(10(13)14)4-5-15-9-3-2-7(12)6-8(9)11/h2-3,6H,4-5H2,1H3,(H,13,14). The Hall–Kier alpha value is -1.58. The molecule has 0 saturated carbocycles. The molecule has 1 N–H and O–H groups in total. The fraction of sp³-hybridized carbons (Fsp3) is 0.364. The molecule has 1 aromatic carbocycles. The van der Waals surface area contributed by atoms with E-state index in [1.807, 2.05) is 0 Å². The van der Waals surface area contributed by atoms with Gasteiger partial charge in [0.15, 0.2) is 0 Å². The van der Waals surface area contributed by atoms with Gasteiger partial charge in [0.1, 0.15) is 11.6 Å². The summed E-state index contributed by atoms with van der Waals surface area (Å²) in [6, 6.07) is 3.99. The highest BCUT2D eigenvalue weighted by Crippen LogP contribution is 2.39. The van der Waals surface area contributed by atoms with Crippen molar-refractivity contribution in [2.24, 2.45) is 0 Å². The minimum atomic E-state index is -1.05. The van der Waals surface area contributed by atoms with Crippen molar-refractivity contribution >= 4 is 5.97 Å². The third-order valence-corrected chi connectivity index (χ3v) is 2.87. The fourth-order valence-electron chi connectivity index (χ4n) is 1.78. The number of carbonyl (C=O) groups is 1. The number of aliphatic carboxylic acids is 1. The molecule has 4 heteroatoms. The van der Waals surface area contributed by atoms with Gasteiger partial charge in [0.2, 0.25) is 0 Å². The van der Waals surface area contributed by atoms with Gasteiger partial charge < -0.3 is 9.84 Å². The van der Waals surface area contributed by atoms with E-state index in [0.717, 1.165) is 0 Å². The first-order valence-electron chi connectivity index (χ1n) is 4.70. The molecule has 1 heterocycles. The monoisotopic (exact) mass is 210 g/mol. The molecule has 0 amide bonds. The molecule has 0 aliphatic carbocycles. The van der Waals surface area contributed by atoms with Gasteiger partial charge in [-0.15, -0.1) is 0 Å². The summed E-state index contributed by atoms with van der Waals surface area (Å²) in [7, 11) is 0. The predicted molar refractivity (Wildman–Crippen MR) is 51.5 cm³/mol. The molecule has 0 spiro atoms. The lowest BCUT2D eigenvalue weighted by Crippen LogP contribution is -2.37. The summed E-state index contributed by atoms with van der Waals surface area (Å²) in [5.74, 6) is -0.920. The molecule has 2 rings (SSSR count). The minimum Gasteiger partial charge on any atom is -0.493 e. The number of carboxylic acid groups (broad SMARTS) is 1. The second-order valence-corrected chi connectivity index (χ2v) is 3.88. The summed E-state index contributed by atoms with van der Waals surface area (Å²) in [5, 5.41) is 9.16. The lowest BCUT2D eigenvalue weighted by Gasteiger charge is -2.31. The van der Waals surface area contributed by atoms with Crippen molar-refractivity contribution in [3.05, 3.63) is 29.6 Å². The van der Waals surface area contributed by atoms with Crippen LogP contribution in [-0.2, 0) is 10.2 Å². The quantitative estimate of drug-likeness (QED) is 0.770. The summed E-state index contributed by atoms with van der Waals surface area (Å²) < 4.78 is 18.3. The van der Waals surface area contributed by atoms with Gasteiger partial charge in [0.05, 0.1) is 12.0 Å². The Kier molecular flexibility index (Phi) is 2.14. The molecule has 0 aromatic heterocycles. The van der Waals surface area contributed by atoms with E-state index in [9.17, 15) is 9.18 Å². The normalized spacial score (nSPS) is 24.1. The van der Waals surface area contributed by atoms with Gasteiger partial charge in [0, 0.05) is 12.0 Å². The maximum atomic E-state index is 13.1. The molecule has 1 atom stereocenters. The zero-order chi connectivity index (χ0) is 11.1. The molecular weight excluding hydrogens is 199 g/mol. The highest BCUT2D eigenvalue weighted by molar-refractivity contribution is 5.82. The van der Waals surface area contributed by atoms with Gasteiger partial charge in [-0.3, -0.25) is 4.79 Å². The molecule has 1 aromatic rings. The average Bonchev–Trinajstić information content (AvgIpc) is 2.19. The van der Waals surface area contributed by atoms with Gasteiger partial charge in [-0.1, -0.05) is 0 Å². The lowest BCUT2D eigenvalue weighted by molar-refractivity contribution is -0.144. The predicted octanol–water partition coefficient (Wildman–Crippen LogP) is 1.95. The topological polar surface area (TPSA) is 46.5 Å². The van der Waals surface area contributed by atoms with Crippen LogP contribution in [-0.4, -0.2) is 17.7 Å². The van der Waals surface area contributed by atoms with E-state index in [2.05, 4.69) is 0 Å². The number of hydrogen-bond donors (Lipinski definition) is 1. The number of carboxylic acids is 1. The number of rotatable bonds is 1. The molecular formula is C11H11FO3. The largest absolute Gasteiger partial charge is 0.493 e. The molecule has 0 bridgehead atoms. The molecule has 1 aliphatic rings. The molecule has 3 nitrogen and oxygen atoms in total. The lowest BCUT2D eigenvalue weighted by atomic mass is 9.78. The number of benzene rings is 1. The second kappa shape index (κ2) is 3.22. The third kappa shape index (κ3) is 1.46. The van der Waals surface area contributed by atoms with Gasteiger partial charge >= 0.3 is 5.97 Å². The molecule has 0 saturated heterocycles. The smallest absolute Gasteiger partial charge is 0.314 e. The highest BCUT2D eigenvalue weighted by Gasteiger charge is 2.40. The first-order valence-corrected chi connectivity index (χ1v) is 4.70. The Morgan fingerprint density at radius 2 is 2.33 bits per heavy atom. The first kappa shape index (κ1) is 9.96. The van der Waals surface area contributed by atoms with Crippen LogP contribution in [0.1, 0.15) is 18.9 Å². The van der Waals surface area contributed by atoms with Gasteiger partial charge in [-0.05, 0) is 25.1 Å². The molecule has 0 radical (unpaired) electrons. The summed E-state index contributed by atoms with van der Waals surface area (Å²) in [5.41, 5.74) is -0.628. The molecule has 1 unspecified atom stereocenters. The SMILES string of the molecule is CC1(C(=O)O)CCOc2ccc(F)cc21. The van der Waals surface area contributed by atoms with E-state index in [4.69, 9.17) is 9.84 Å². The van der Waals surface area contributed by atoms with Crippen LogP contribution in [0.2, 0.25) is 0 Å². The third-order valence-electron chi connectivity index (χ3n) is 2.87. The Morgan fingerprint density at radius 3 is 3.00 bits per heavy atom. The van der Waals surface area contributed by atoms with Crippen LogP contribution in [0.4, 0.5) is 4.39 Å². The fourth-order valence-corrected chi connectivity index (χ4v) is 1.78. The van der Waals surface area contributed by atoms with Crippen LogP contribution < -0.4 is 4.74 Å². The summed E-state index contributed by atoms with van der Waals surface area (Å²) in [6.45, 7) is 1.94. The van der Waals surface area contributed by atoms with Crippen LogP contribution in [0.5, 0.6) is 5.75 Å². The first-order chi connectivity index (χ1) is 7.04. The van der Waals surface area contributed by atoms with Crippen LogP contribution in [0.15, 0.2) is 18.2 Å². The Labute approximate surface area is 86.5 Å². The molecule has 15 heavy (non-hydrogen) atoms. The highest BCUT2D eigenvalue weighted by atomic mass is 19.1. The van der Waals surface area contributed by atoms with E-state index in [0.29, 0.717) is 24.3 Å². The summed E-state index contributed by atoms with van der Waals surface area (Å²) in [4.78, 5) is 11.2. The van der Waals surface area contributed by atoms with Gasteiger partial charge in [-0.25, -0.2) is 4.39 Å². The van der Waals surface area contributed by atoms with Crippen LogP contribution in [0.3, 0.4) is 0 Å². The number of fused-ring (bicyclic) bond motifs is 1. The van der Waals surface area contributed by atoms with Crippen molar-refractivity contribution in [2.75, 3.05) is 6.61 Å². The number of halogens is 1. The minimum absolute atomic E-state index is 0.349. The summed E-state index contributed by atoms with van der Waals surface area (Å²) in [6.07, 6.45) is 0.360. The second-order valence-electron chi connectivity index (χ2n) is 3.88. The van der Waals surface area contributed by atoms with Gasteiger partial charge in [0.25, 0.3) is 0 Å². The number of ether oxygens (including phenoxy) is 1. The molecule has 0 fully saturated rings. The van der Waals surface area contributed by atoms with Crippen LogP contribution in [0.25, 0.3) is 0 Å².